The average Bonchev–Trinajstić information content (AvgIpc) is 3.33. The fourth-order valence-corrected chi connectivity index (χ4v) is 3.30. The maximum Gasteiger partial charge on any atom is 0.416 e. The molecule has 1 atom stereocenters. The molecule has 1 aliphatic carbocycles. The number of carbonyl (C=O) groups excluding carboxylic acids is 2. The Balaban J connectivity index is 1.55. The monoisotopic (exact) mass is 354 g/mol. The molecule has 0 radical (unpaired) electrons. The van der Waals surface area contributed by atoms with Crippen LogP contribution in [0, 0.1) is 5.41 Å². The third-order valence-corrected chi connectivity index (χ3v) is 5.29. The standard InChI is InChI=1S/C18H21F3N2O2/c1-12(16(25)23-10-8-17(6-7-17)9-11-23)22-15(24)13-2-4-14(5-3-13)18(19,20)21/h2-5,12H,6-11H2,1H3,(H,22,24)/t12-/m0/s1. The van der Waals surface area contributed by atoms with Crippen molar-refractivity contribution in [3.63, 3.8) is 0 Å². The Kier molecular flexibility index (Phi) is 4.51. The Hall–Kier alpha value is -2.05. The van der Waals surface area contributed by atoms with Crippen LogP contribution in [0.4, 0.5) is 13.2 Å². The molecular formula is C18H21F3N2O2. The summed E-state index contributed by atoms with van der Waals surface area (Å²) in [5.41, 5.74) is -0.248. The summed E-state index contributed by atoms with van der Waals surface area (Å²) in [5.74, 6) is -0.694. The van der Waals surface area contributed by atoms with Crippen LogP contribution in [0.25, 0.3) is 0 Å². The number of halogens is 3. The fraction of sp³-hybridized carbons (Fsp3) is 0.556. The molecule has 1 spiro atoms. The van der Waals surface area contributed by atoms with E-state index in [4.69, 9.17) is 0 Å². The molecule has 1 N–H and O–H groups in total. The minimum Gasteiger partial charge on any atom is -0.341 e. The number of amides is 2. The molecule has 0 unspecified atom stereocenters. The first-order chi connectivity index (χ1) is 11.7. The smallest absolute Gasteiger partial charge is 0.341 e. The van der Waals surface area contributed by atoms with E-state index in [1.807, 2.05) is 0 Å². The molecule has 1 aliphatic heterocycles. The first-order valence-electron chi connectivity index (χ1n) is 8.47. The molecule has 1 aromatic carbocycles. The molecule has 2 fully saturated rings. The van der Waals surface area contributed by atoms with Crippen molar-refractivity contribution in [2.45, 2.75) is 44.8 Å². The Morgan fingerprint density at radius 2 is 1.64 bits per heavy atom. The van der Waals surface area contributed by atoms with Gasteiger partial charge in [-0.15, -0.1) is 0 Å². The Morgan fingerprint density at radius 1 is 1.08 bits per heavy atom. The molecular weight excluding hydrogens is 333 g/mol. The summed E-state index contributed by atoms with van der Waals surface area (Å²) in [6.07, 6.45) is 0.0759. The van der Waals surface area contributed by atoms with E-state index in [0.717, 1.165) is 37.1 Å². The summed E-state index contributed by atoms with van der Waals surface area (Å²) in [6.45, 7) is 3.02. The summed E-state index contributed by atoms with van der Waals surface area (Å²) in [6, 6.07) is 3.26. The maximum absolute atomic E-state index is 12.6. The highest BCUT2D eigenvalue weighted by Crippen LogP contribution is 2.53. The molecule has 0 aromatic heterocycles. The van der Waals surface area contributed by atoms with Crippen LogP contribution in [0.3, 0.4) is 0 Å². The van der Waals surface area contributed by atoms with Crippen molar-refractivity contribution in [3.05, 3.63) is 35.4 Å². The predicted molar refractivity (Wildman–Crippen MR) is 85.9 cm³/mol. The second-order valence-electron chi connectivity index (χ2n) is 7.10. The Labute approximate surface area is 144 Å². The number of rotatable bonds is 3. The number of piperidine rings is 1. The van der Waals surface area contributed by atoms with E-state index in [9.17, 15) is 22.8 Å². The first-order valence-corrected chi connectivity index (χ1v) is 8.47. The zero-order chi connectivity index (χ0) is 18.2. The van der Waals surface area contributed by atoms with Gasteiger partial charge in [-0.1, -0.05) is 0 Å². The van der Waals surface area contributed by atoms with Crippen LogP contribution >= 0.6 is 0 Å². The van der Waals surface area contributed by atoms with Gasteiger partial charge in [0.2, 0.25) is 5.91 Å². The molecule has 2 amide bonds. The summed E-state index contributed by atoms with van der Waals surface area (Å²) in [5, 5.41) is 2.58. The number of carbonyl (C=O) groups is 2. The summed E-state index contributed by atoms with van der Waals surface area (Å²) >= 11 is 0. The van der Waals surface area contributed by atoms with Crippen molar-refractivity contribution in [3.8, 4) is 0 Å². The van der Waals surface area contributed by atoms with E-state index < -0.39 is 23.7 Å². The van der Waals surface area contributed by atoms with Crippen molar-refractivity contribution in [2.75, 3.05) is 13.1 Å². The van der Waals surface area contributed by atoms with Gasteiger partial charge < -0.3 is 10.2 Å². The van der Waals surface area contributed by atoms with E-state index in [-0.39, 0.29) is 11.5 Å². The summed E-state index contributed by atoms with van der Waals surface area (Å²) < 4.78 is 37.7. The normalized spacial score (nSPS) is 20.2. The minimum atomic E-state index is -4.44. The van der Waals surface area contributed by atoms with Gasteiger partial charge in [-0.2, -0.15) is 13.2 Å². The summed E-state index contributed by atoms with van der Waals surface area (Å²) in [4.78, 5) is 26.4. The molecule has 7 heteroatoms. The largest absolute Gasteiger partial charge is 0.416 e. The van der Waals surface area contributed by atoms with Crippen LogP contribution in [0.5, 0.6) is 0 Å². The van der Waals surface area contributed by atoms with E-state index >= 15 is 0 Å². The van der Waals surface area contributed by atoms with Crippen molar-refractivity contribution >= 4 is 11.8 Å². The average molecular weight is 354 g/mol. The molecule has 1 saturated carbocycles. The lowest BCUT2D eigenvalue weighted by Gasteiger charge is -2.33. The Morgan fingerprint density at radius 3 is 2.12 bits per heavy atom. The second-order valence-corrected chi connectivity index (χ2v) is 7.10. The molecule has 136 valence electrons. The van der Waals surface area contributed by atoms with Gasteiger partial charge in [0.25, 0.3) is 5.91 Å². The molecule has 0 bridgehead atoms. The van der Waals surface area contributed by atoms with Gasteiger partial charge in [0.1, 0.15) is 6.04 Å². The molecule has 1 heterocycles. The van der Waals surface area contributed by atoms with Gasteiger partial charge in [-0.25, -0.2) is 0 Å². The van der Waals surface area contributed by atoms with Crippen LogP contribution in [0.2, 0.25) is 0 Å². The van der Waals surface area contributed by atoms with Gasteiger partial charge in [0.05, 0.1) is 5.56 Å². The van der Waals surface area contributed by atoms with Crippen LogP contribution in [0.15, 0.2) is 24.3 Å². The molecule has 4 nitrogen and oxygen atoms in total. The zero-order valence-electron chi connectivity index (χ0n) is 14.0. The van der Waals surface area contributed by atoms with Gasteiger partial charge >= 0.3 is 6.18 Å². The summed E-state index contributed by atoms with van der Waals surface area (Å²) in [7, 11) is 0. The number of benzene rings is 1. The topological polar surface area (TPSA) is 49.4 Å². The molecule has 2 aliphatic rings. The quantitative estimate of drug-likeness (QED) is 0.906. The second kappa shape index (κ2) is 6.35. The van der Waals surface area contributed by atoms with E-state index in [1.165, 1.54) is 12.8 Å². The third-order valence-electron chi connectivity index (χ3n) is 5.29. The van der Waals surface area contributed by atoms with E-state index in [2.05, 4.69) is 5.32 Å². The lowest BCUT2D eigenvalue weighted by atomic mass is 9.93. The number of likely N-dealkylation sites (tertiary alicyclic amines) is 1. The number of nitrogens with zero attached hydrogens (tertiary/aromatic N) is 1. The highest BCUT2D eigenvalue weighted by molar-refractivity contribution is 5.97. The van der Waals surface area contributed by atoms with Crippen LogP contribution in [-0.4, -0.2) is 35.8 Å². The number of hydrogen-bond donors (Lipinski definition) is 1. The predicted octanol–water partition coefficient (Wildman–Crippen LogP) is 3.23. The third kappa shape index (κ3) is 3.96. The molecule has 1 saturated heterocycles. The SMILES string of the molecule is C[C@H](NC(=O)c1ccc(C(F)(F)F)cc1)C(=O)N1CCC2(CC1)CC2. The van der Waals surface area contributed by atoms with Crippen LogP contribution < -0.4 is 5.32 Å². The molecule has 25 heavy (non-hydrogen) atoms. The van der Waals surface area contributed by atoms with E-state index in [0.29, 0.717) is 18.5 Å². The Bertz CT molecular complexity index is 656. The van der Waals surface area contributed by atoms with Crippen molar-refractivity contribution in [1.82, 2.24) is 10.2 Å². The fourth-order valence-electron chi connectivity index (χ4n) is 3.30. The van der Waals surface area contributed by atoms with Gasteiger partial charge in [0.15, 0.2) is 0 Å². The molecule has 3 rings (SSSR count). The first kappa shape index (κ1) is 17.8. The van der Waals surface area contributed by atoms with Gasteiger partial charge in [-0.05, 0) is 62.3 Å². The van der Waals surface area contributed by atoms with Crippen molar-refractivity contribution in [2.24, 2.45) is 5.41 Å². The lowest BCUT2D eigenvalue weighted by molar-refractivity contribution is -0.137. The van der Waals surface area contributed by atoms with E-state index in [1.54, 1.807) is 11.8 Å². The number of nitrogens with one attached hydrogen (secondary N) is 1. The highest BCUT2D eigenvalue weighted by Gasteiger charge is 2.45. The van der Waals surface area contributed by atoms with Crippen LogP contribution in [0.1, 0.15) is 48.5 Å². The molecule has 1 aromatic rings. The minimum absolute atomic E-state index is 0.100. The highest BCUT2D eigenvalue weighted by atomic mass is 19.4. The zero-order valence-corrected chi connectivity index (χ0v) is 14.0. The van der Waals surface area contributed by atoms with Crippen molar-refractivity contribution in [1.29, 1.82) is 0 Å². The van der Waals surface area contributed by atoms with Crippen LogP contribution in [-0.2, 0) is 11.0 Å². The van der Waals surface area contributed by atoms with Crippen molar-refractivity contribution < 1.29 is 22.8 Å². The number of hydrogen-bond acceptors (Lipinski definition) is 2. The van der Waals surface area contributed by atoms with Gasteiger partial charge in [-0.3, -0.25) is 9.59 Å². The maximum atomic E-state index is 12.6. The number of alkyl halides is 3. The lowest BCUT2D eigenvalue weighted by Crippen LogP contribution is -2.49. The van der Waals surface area contributed by atoms with Gasteiger partial charge in [0, 0.05) is 18.7 Å².